The van der Waals surface area contributed by atoms with E-state index >= 15 is 0 Å². The number of hydrogen-bond acceptors (Lipinski definition) is 6. The van der Waals surface area contributed by atoms with E-state index in [0.717, 1.165) is 54.5 Å². The maximum atomic E-state index is 12.8. The highest BCUT2D eigenvalue weighted by Gasteiger charge is 2.17. The van der Waals surface area contributed by atoms with Crippen molar-refractivity contribution in [2.75, 3.05) is 32.1 Å². The first-order valence-corrected chi connectivity index (χ1v) is 13.2. The number of carbonyl (C=O) groups excluding carboxylic acids is 1. The van der Waals surface area contributed by atoms with Crippen LogP contribution in [0.4, 0.5) is 0 Å². The number of aromatic nitrogens is 2. The van der Waals surface area contributed by atoms with Crippen LogP contribution in [0, 0.1) is 0 Å². The maximum absolute atomic E-state index is 12.8. The van der Waals surface area contributed by atoms with Crippen LogP contribution in [0.25, 0.3) is 10.9 Å². The van der Waals surface area contributed by atoms with E-state index in [1.165, 1.54) is 47.7 Å². The Hall–Kier alpha value is -2.48. The van der Waals surface area contributed by atoms with Gasteiger partial charge in [-0.05, 0) is 55.4 Å². The number of rotatable bonds is 7. The second kappa shape index (κ2) is 10.8. The average molecular weight is 477 g/mol. The summed E-state index contributed by atoms with van der Waals surface area (Å²) in [4.78, 5) is 24.8. The van der Waals surface area contributed by atoms with Gasteiger partial charge in [0.15, 0.2) is 0 Å². The van der Waals surface area contributed by atoms with Gasteiger partial charge in [-0.2, -0.15) is 0 Å². The Labute approximate surface area is 205 Å². The number of nitrogens with zero attached hydrogens (tertiary/aromatic N) is 3. The van der Waals surface area contributed by atoms with Crippen molar-refractivity contribution < 1.29 is 9.53 Å². The first-order valence-electron chi connectivity index (χ1n) is 12.3. The van der Waals surface area contributed by atoms with Crippen LogP contribution in [-0.2, 0) is 28.9 Å². The number of fused-ring (bicyclic) bond motifs is 2. The molecule has 1 aromatic heterocycles. The molecule has 7 heteroatoms. The van der Waals surface area contributed by atoms with E-state index in [1.54, 1.807) is 0 Å². The van der Waals surface area contributed by atoms with Crippen molar-refractivity contribution in [3.63, 3.8) is 0 Å². The molecule has 1 saturated heterocycles. The van der Waals surface area contributed by atoms with Crippen molar-refractivity contribution in [2.24, 2.45) is 0 Å². The molecule has 2 aliphatic rings. The topological polar surface area (TPSA) is 67.4 Å². The summed E-state index contributed by atoms with van der Waals surface area (Å²) in [5, 5.41) is 5.04. The van der Waals surface area contributed by atoms with E-state index in [2.05, 4.69) is 35.3 Å². The third-order valence-corrected chi connectivity index (χ3v) is 7.66. The van der Waals surface area contributed by atoms with E-state index in [4.69, 9.17) is 14.7 Å². The number of carbonyl (C=O) groups is 1. The molecular formula is C27H32N4O2S. The predicted molar refractivity (Wildman–Crippen MR) is 136 cm³/mol. The van der Waals surface area contributed by atoms with Crippen molar-refractivity contribution in [3.8, 4) is 0 Å². The van der Waals surface area contributed by atoms with Gasteiger partial charge >= 0.3 is 0 Å². The van der Waals surface area contributed by atoms with Crippen LogP contribution >= 0.6 is 11.8 Å². The van der Waals surface area contributed by atoms with Gasteiger partial charge in [0.25, 0.3) is 0 Å². The number of ether oxygens (including phenoxy) is 1. The average Bonchev–Trinajstić information content (AvgIpc) is 2.87. The monoisotopic (exact) mass is 476 g/mol. The zero-order valence-electron chi connectivity index (χ0n) is 19.8. The fourth-order valence-electron chi connectivity index (χ4n) is 4.76. The highest BCUT2D eigenvalue weighted by Crippen LogP contribution is 2.27. The minimum atomic E-state index is -0.0145. The van der Waals surface area contributed by atoms with Gasteiger partial charge in [0.05, 0.1) is 37.1 Å². The fraction of sp³-hybridized carbons (Fsp3) is 0.444. The number of amides is 1. The van der Waals surface area contributed by atoms with Crippen LogP contribution in [-0.4, -0.2) is 52.8 Å². The van der Waals surface area contributed by atoms with Gasteiger partial charge in [-0.15, -0.1) is 0 Å². The molecular weight excluding hydrogens is 444 g/mol. The minimum absolute atomic E-state index is 0.0145. The van der Waals surface area contributed by atoms with Gasteiger partial charge in [0.1, 0.15) is 10.9 Å². The molecule has 6 nitrogen and oxygen atoms in total. The lowest BCUT2D eigenvalue weighted by molar-refractivity contribution is -0.119. The molecule has 0 saturated carbocycles. The molecule has 1 unspecified atom stereocenters. The lowest BCUT2D eigenvalue weighted by atomic mass is 9.89. The van der Waals surface area contributed by atoms with Crippen molar-refractivity contribution in [1.82, 2.24) is 20.2 Å². The standard InChI is InChI=1S/C27H32N4O2S/c1-19(21-11-10-20-6-2-3-7-22(20)16-21)28-26(32)18-34-27-23-8-4-5-9-24(23)29-25(30-27)17-31-12-14-33-15-13-31/h4-5,8-11,16,19H,2-3,6-7,12-15,17-18H2,1H3,(H,28,32). The third kappa shape index (κ3) is 5.59. The van der Waals surface area contributed by atoms with Crippen LogP contribution in [0.3, 0.4) is 0 Å². The lowest BCUT2D eigenvalue weighted by Gasteiger charge is -2.25. The molecule has 2 aromatic carbocycles. The molecule has 0 radical (unpaired) electrons. The van der Waals surface area contributed by atoms with Gasteiger partial charge in [0, 0.05) is 18.5 Å². The number of para-hydroxylation sites is 1. The summed E-state index contributed by atoms with van der Waals surface area (Å²) >= 11 is 1.49. The first kappa shape index (κ1) is 23.3. The Bertz CT molecular complexity index is 1160. The number of thioether (sulfide) groups is 1. The van der Waals surface area contributed by atoms with E-state index < -0.39 is 0 Å². The van der Waals surface area contributed by atoms with Gasteiger partial charge in [-0.25, -0.2) is 9.97 Å². The first-order chi connectivity index (χ1) is 16.7. The van der Waals surface area contributed by atoms with Crippen LogP contribution < -0.4 is 5.32 Å². The second-order valence-electron chi connectivity index (χ2n) is 9.16. The molecule has 1 aliphatic carbocycles. The summed E-state index contributed by atoms with van der Waals surface area (Å²) in [6.07, 6.45) is 4.86. The minimum Gasteiger partial charge on any atom is -0.379 e. The maximum Gasteiger partial charge on any atom is 0.230 e. The molecule has 2 heterocycles. The number of morpholine rings is 1. The van der Waals surface area contributed by atoms with Crippen molar-refractivity contribution in [2.45, 2.75) is 50.2 Å². The Morgan fingerprint density at radius 1 is 1.09 bits per heavy atom. The highest BCUT2D eigenvalue weighted by molar-refractivity contribution is 8.00. The Morgan fingerprint density at radius 2 is 1.88 bits per heavy atom. The zero-order chi connectivity index (χ0) is 23.3. The predicted octanol–water partition coefficient (Wildman–Crippen LogP) is 4.31. The molecule has 34 heavy (non-hydrogen) atoms. The molecule has 178 valence electrons. The molecule has 0 spiro atoms. The van der Waals surface area contributed by atoms with Crippen LogP contribution in [0.1, 0.15) is 48.3 Å². The molecule has 5 rings (SSSR count). The summed E-state index contributed by atoms with van der Waals surface area (Å²) in [5.41, 5.74) is 5.01. The zero-order valence-corrected chi connectivity index (χ0v) is 20.6. The van der Waals surface area contributed by atoms with Gasteiger partial charge in [0.2, 0.25) is 5.91 Å². The van der Waals surface area contributed by atoms with Gasteiger partial charge < -0.3 is 10.1 Å². The fourth-order valence-corrected chi connectivity index (χ4v) is 5.61. The van der Waals surface area contributed by atoms with E-state index in [0.29, 0.717) is 12.3 Å². The number of aryl methyl sites for hydroxylation is 2. The molecule has 1 N–H and O–H groups in total. The van der Waals surface area contributed by atoms with E-state index in [-0.39, 0.29) is 11.9 Å². The molecule has 1 fully saturated rings. The normalized spacial score (nSPS) is 17.3. The summed E-state index contributed by atoms with van der Waals surface area (Å²) < 4.78 is 5.46. The van der Waals surface area contributed by atoms with Crippen LogP contribution in [0.5, 0.6) is 0 Å². The van der Waals surface area contributed by atoms with Crippen LogP contribution in [0.15, 0.2) is 47.5 Å². The summed E-state index contributed by atoms with van der Waals surface area (Å²) in [6, 6.07) is 14.7. The quantitative estimate of drug-likeness (QED) is 0.405. The smallest absolute Gasteiger partial charge is 0.230 e. The van der Waals surface area contributed by atoms with E-state index in [1.807, 2.05) is 24.3 Å². The second-order valence-corrected chi connectivity index (χ2v) is 10.1. The lowest BCUT2D eigenvalue weighted by Crippen LogP contribution is -2.36. The number of benzene rings is 2. The summed E-state index contributed by atoms with van der Waals surface area (Å²) in [6.45, 7) is 6.04. The summed E-state index contributed by atoms with van der Waals surface area (Å²) in [5.74, 6) is 1.14. The van der Waals surface area contributed by atoms with Crippen LogP contribution in [0.2, 0.25) is 0 Å². The molecule has 1 amide bonds. The Morgan fingerprint density at radius 3 is 2.74 bits per heavy atom. The Balaban J connectivity index is 1.25. The third-order valence-electron chi connectivity index (χ3n) is 6.67. The van der Waals surface area contributed by atoms with E-state index in [9.17, 15) is 4.79 Å². The molecule has 0 bridgehead atoms. The van der Waals surface area contributed by atoms with Crippen molar-refractivity contribution >= 4 is 28.6 Å². The molecule has 1 aliphatic heterocycles. The highest BCUT2D eigenvalue weighted by atomic mass is 32.2. The number of nitrogens with one attached hydrogen (secondary N) is 1. The largest absolute Gasteiger partial charge is 0.379 e. The SMILES string of the molecule is CC(NC(=O)CSc1nc(CN2CCOCC2)nc2ccccc12)c1ccc2c(c1)CCCC2. The number of hydrogen-bond donors (Lipinski definition) is 1. The Kier molecular flexibility index (Phi) is 7.42. The molecule has 1 atom stereocenters. The van der Waals surface area contributed by atoms with Crippen molar-refractivity contribution in [3.05, 3.63) is 65.0 Å². The van der Waals surface area contributed by atoms with Gasteiger partial charge in [-0.1, -0.05) is 48.2 Å². The summed E-state index contributed by atoms with van der Waals surface area (Å²) in [7, 11) is 0. The van der Waals surface area contributed by atoms with Crippen molar-refractivity contribution in [1.29, 1.82) is 0 Å². The van der Waals surface area contributed by atoms with Gasteiger partial charge in [-0.3, -0.25) is 9.69 Å². The molecule has 3 aromatic rings.